The van der Waals surface area contributed by atoms with Crippen molar-refractivity contribution in [1.29, 1.82) is 0 Å². The fourth-order valence-corrected chi connectivity index (χ4v) is 1.46. The van der Waals surface area contributed by atoms with Gasteiger partial charge in [-0.05, 0) is 12.8 Å². The molecule has 0 amide bonds. The predicted octanol–water partition coefficient (Wildman–Crippen LogP) is 1.03. The monoisotopic (exact) mass is 164 g/mol. The average molecular weight is 165 g/mol. The Bertz CT molecular complexity index is 89.6. The second-order valence-corrected chi connectivity index (χ2v) is 3.13. The maximum absolute atomic E-state index is 5.93. The number of rotatable bonds is 1. The Morgan fingerprint density at radius 3 is 1.90 bits per heavy atom. The summed E-state index contributed by atoms with van der Waals surface area (Å²) in [6.07, 6.45) is 6.15. The van der Waals surface area contributed by atoms with Crippen LogP contribution in [0.4, 0.5) is 0 Å². The fraction of sp³-hybridized carbons (Fsp3) is 1.00. The first-order valence-electron chi connectivity index (χ1n) is 3.76. The molecule has 2 nitrogen and oxygen atoms in total. The zero-order valence-electron chi connectivity index (χ0n) is 6.31. The molecule has 0 heterocycles. The Labute approximate surface area is 68.8 Å². The molecule has 10 heavy (non-hydrogen) atoms. The van der Waals surface area contributed by atoms with Crippen molar-refractivity contribution in [3.63, 3.8) is 0 Å². The van der Waals surface area contributed by atoms with Gasteiger partial charge in [-0.15, -0.1) is 12.4 Å². The van der Waals surface area contributed by atoms with Crippen LogP contribution in [0.25, 0.3) is 0 Å². The van der Waals surface area contributed by atoms with Crippen molar-refractivity contribution in [3.05, 3.63) is 0 Å². The minimum Gasteiger partial charge on any atom is -0.329 e. The van der Waals surface area contributed by atoms with Gasteiger partial charge in [0.25, 0.3) is 0 Å². The molecule has 0 unspecified atom stereocenters. The lowest BCUT2D eigenvalue weighted by atomic mass is 9.83. The number of nitrogens with two attached hydrogens (primary N) is 2. The van der Waals surface area contributed by atoms with Gasteiger partial charge in [-0.3, -0.25) is 0 Å². The van der Waals surface area contributed by atoms with Crippen molar-refractivity contribution in [2.75, 3.05) is 6.54 Å². The van der Waals surface area contributed by atoms with E-state index in [1.165, 1.54) is 19.3 Å². The topological polar surface area (TPSA) is 52.0 Å². The van der Waals surface area contributed by atoms with E-state index < -0.39 is 0 Å². The van der Waals surface area contributed by atoms with E-state index in [4.69, 9.17) is 11.5 Å². The van der Waals surface area contributed by atoms with Gasteiger partial charge in [0.05, 0.1) is 0 Å². The average Bonchev–Trinajstić information content (AvgIpc) is 1.90. The van der Waals surface area contributed by atoms with Crippen molar-refractivity contribution in [3.8, 4) is 0 Å². The van der Waals surface area contributed by atoms with Crippen LogP contribution < -0.4 is 11.5 Å². The molecule has 1 fully saturated rings. The van der Waals surface area contributed by atoms with Crippen LogP contribution in [0.2, 0.25) is 0 Å². The van der Waals surface area contributed by atoms with Crippen molar-refractivity contribution >= 4 is 12.4 Å². The molecule has 0 radical (unpaired) electrons. The molecule has 1 saturated carbocycles. The summed E-state index contributed by atoms with van der Waals surface area (Å²) >= 11 is 0. The number of hydrogen-bond donors (Lipinski definition) is 2. The van der Waals surface area contributed by atoms with Gasteiger partial charge in [-0.25, -0.2) is 0 Å². The molecular weight excluding hydrogens is 148 g/mol. The van der Waals surface area contributed by atoms with E-state index in [9.17, 15) is 0 Å². The highest BCUT2D eigenvalue weighted by Gasteiger charge is 2.24. The normalized spacial score (nSPS) is 23.4. The van der Waals surface area contributed by atoms with Crippen molar-refractivity contribution in [2.24, 2.45) is 11.5 Å². The van der Waals surface area contributed by atoms with Crippen LogP contribution in [-0.4, -0.2) is 12.1 Å². The highest BCUT2D eigenvalue weighted by Crippen LogP contribution is 2.24. The first-order valence-corrected chi connectivity index (χ1v) is 3.76. The van der Waals surface area contributed by atoms with Crippen molar-refractivity contribution in [1.82, 2.24) is 0 Å². The maximum Gasteiger partial charge on any atom is 0.0278 e. The smallest absolute Gasteiger partial charge is 0.0278 e. The van der Waals surface area contributed by atoms with E-state index in [2.05, 4.69) is 0 Å². The summed E-state index contributed by atoms with van der Waals surface area (Å²) < 4.78 is 0. The second kappa shape index (κ2) is 4.16. The fourth-order valence-electron chi connectivity index (χ4n) is 1.46. The van der Waals surface area contributed by atoms with Crippen molar-refractivity contribution in [2.45, 2.75) is 37.6 Å². The molecule has 0 saturated heterocycles. The van der Waals surface area contributed by atoms with E-state index in [1.54, 1.807) is 0 Å². The Morgan fingerprint density at radius 2 is 1.60 bits per heavy atom. The summed E-state index contributed by atoms with van der Waals surface area (Å²) in [6.45, 7) is 0.660. The van der Waals surface area contributed by atoms with Gasteiger partial charge in [-0.1, -0.05) is 19.3 Å². The Morgan fingerprint density at radius 1 is 1.10 bits per heavy atom. The van der Waals surface area contributed by atoms with E-state index in [0.29, 0.717) is 6.54 Å². The Kier molecular flexibility index (Phi) is 4.25. The molecule has 3 heteroatoms. The van der Waals surface area contributed by atoms with Gasteiger partial charge in [0, 0.05) is 12.1 Å². The summed E-state index contributed by atoms with van der Waals surface area (Å²) in [7, 11) is 0. The van der Waals surface area contributed by atoms with Gasteiger partial charge in [0.1, 0.15) is 0 Å². The molecule has 0 aromatic heterocycles. The zero-order chi connectivity index (χ0) is 6.74. The second-order valence-electron chi connectivity index (χ2n) is 3.13. The number of hydrogen-bond acceptors (Lipinski definition) is 2. The predicted molar refractivity (Wildman–Crippen MR) is 46.3 cm³/mol. The maximum atomic E-state index is 5.93. The standard InChI is InChI=1S/C7H16N2.ClH/c8-6-7(9)4-2-1-3-5-7;/h1-6,8-9H2;1H. The summed E-state index contributed by atoms with van der Waals surface area (Å²) in [5.41, 5.74) is 11.4. The summed E-state index contributed by atoms with van der Waals surface area (Å²) in [4.78, 5) is 0. The van der Waals surface area contributed by atoms with Crippen LogP contribution in [0.1, 0.15) is 32.1 Å². The van der Waals surface area contributed by atoms with Gasteiger partial charge >= 0.3 is 0 Å². The van der Waals surface area contributed by atoms with E-state index in [-0.39, 0.29) is 17.9 Å². The van der Waals surface area contributed by atoms with Gasteiger partial charge in [0.2, 0.25) is 0 Å². The molecule has 0 aliphatic heterocycles. The molecule has 0 spiro atoms. The molecule has 0 atom stereocenters. The lowest BCUT2D eigenvalue weighted by molar-refractivity contribution is 0.304. The third-order valence-electron chi connectivity index (χ3n) is 2.26. The van der Waals surface area contributed by atoms with E-state index >= 15 is 0 Å². The third kappa shape index (κ3) is 2.45. The molecule has 62 valence electrons. The van der Waals surface area contributed by atoms with Crippen LogP contribution >= 0.6 is 12.4 Å². The lowest BCUT2D eigenvalue weighted by Gasteiger charge is -2.31. The van der Waals surface area contributed by atoms with Crippen LogP contribution in [0.3, 0.4) is 0 Å². The molecular formula is C7H17ClN2. The molecule has 0 aromatic carbocycles. The van der Waals surface area contributed by atoms with Crippen LogP contribution in [0, 0.1) is 0 Å². The quantitative estimate of drug-likeness (QED) is 0.609. The first kappa shape index (κ1) is 10.2. The van der Waals surface area contributed by atoms with Gasteiger partial charge < -0.3 is 11.5 Å². The van der Waals surface area contributed by atoms with E-state index in [0.717, 1.165) is 12.8 Å². The molecule has 4 N–H and O–H groups in total. The van der Waals surface area contributed by atoms with Crippen LogP contribution in [-0.2, 0) is 0 Å². The van der Waals surface area contributed by atoms with E-state index in [1.807, 2.05) is 0 Å². The molecule has 1 aliphatic carbocycles. The minimum atomic E-state index is -0.00174. The third-order valence-corrected chi connectivity index (χ3v) is 2.26. The highest BCUT2D eigenvalue weighted by atomic mass is 35.5. The largest absolute Gasteiger partial charge is 0.329 e. The Balaban J connectivity index is 0.000000810. The number of halogens is 1. The van der Waals surface area contributed by atoms with Crippen LogP contribution in [0.5, 0.6) is 0 Å². The van der Waals surface area contributed by atoms with Crippen LogP contribution in [0.15, 0.2) is 0 Å². The van der Waals surface area contributed by atoms with Gasteiger partial charge in [-0.2, -0.15) is 0 Å². The summed E-state index contributed by atoms with van der Waals surface area (Å²) in [6, 6.07) is 0. The molecule has 1 aliphatic rings. The lowest BCUT2D eigenvalue weighted by Crippen LogP contribution is -2.48. The molecule has 0 aromatic rings. The summed E-state index contributed by atoms with van der Waals surface area (Å²) in [5, 5.41) is 0. The Hall–Kier alpha value is 0.210. The van der Waals surface area contributed by atoms with Gasteiger partial charge in [0.15, 0.2) is 0 Å². The summed E-state index contributed by atoms with van der Waals surface area (Å²) in [5.74, 6) is 0. The highest BCUT2D eigenvalue weighted by molar-refractivity contribution is 5.85. The molecule has 1 rings (SSSR count). The van der Waals surface area contributed by atoms with Crippen molar-refractivity contribution < 1.29 is 0 Å². The molecule has 0 bridgehead atoms. The zero-order valence-corrected chi connectivity index (χ0v) is 7.12. The SMILES string of the molecule is Cl.NCC1(N)CCCCC1. The minimum absolute atomic E-state index is 0. The first-order chi connectivity index (χ1) is 4.27.